The fourth-order valence-corrected chi connectivity index (χ4v) is 3.28. The lowest BCUT2D eigenvalue weighted by atomic mass is 9.73. The van der Waals surface area contributed by atoms with E-state index in [1.165, 1.54) is 24.8 Å². The van der Waals surface area contributed by atoms with Crippen LogP contribution in [0, 0.1) is 6.92 Å². The smallest absolute Gasteiger partial charge is 0.119 e. The number of hydrogen-bond donors (Lipinski definition) is 2. The van der Waals surface area contributed by atoms with Crippen molar-refractivity contribution in [3.63, 3.8) is 0 Å². The Labute approximate surface area is 117 Å². The van der Waals surface area contributed by atoms with Crippen molar-refractivity contribution >= 4 is 0 Å². The topological polar surface area (TPSA) is 46.2 Å². The molecule has 0 amide bonds. The third kappa shape index (κ3) is 2.79. The number of aromatic hydroxyl groups is 1. The first kappa shape index (κ1) is 14.4. The highest BCUT2D eigenvalue weighted by Gasteiger charge is 2.32. The predicted molar refractivity (Wildman–Crippen MR) is 80.5 cm³/mol. The fourth-order valence-electron chi connectivity index (χ4n) is 3.28. The Morgan fingerprint density at radius 2 is 1.68 bits per heavy atom. The summed E-state index contributed by atoms with van der Waals surface area (Å²) in [6.45, 7) is 8.45. The van der Waals surface area contributed by atoms with Gasteiger partial charge in [-0.05, 0) is 54.0 Å². The van der Waals surface area contributed by atoms with E-state index < -0.39 is 0 Å². The third-order valence-electron chi connectivity index (χ3n) is 4.43. The highest BCUT2D eigenvalue weighted by molar-refractivity contribution is 5.47. The number of rotatable bonds is 1. The SMILES string of the molecule is Cc1cc(O)c(C(C)(C)C)cc1C1(N)CCCCC1. The van der Waals surface area contributed by atoms with Crippen molar-refractivity contribution in [2.24, 2.45) is 5.73 Å². The molecule has 1 fully saturated rings. The summed E-state index contributed by atoms with van der Waals surface area (Å²) < 4.78 is 0. The highest BCUT2D eigenvalue weighted by atomic mass is 16.3. The van der Waals surface area contributed by atoms with E-state index in [0.29, 0.717) is 5.75 Å². The van der Waals surface area contributed by atoms with Crippen LogP contribution < -0.4 is 5.73 Å². The van der Waals surface area contributed by atoms with Crippen molar-refractivity contribution < 1.29 is 5.11 Å². The van der Waals surface area contributed by atoms with Crippen LogP contribution >= 0.6 is 0 Å². The predicted octanol–water partition coefficient (Wildman–Crippen LogP) is 4.12. The van der Waals surface area contributed by atoms with E-state index in [1.807, 2.05) is 6.07 Å². The molecule has 2 nitrogen and oxygen atoms in total. The van der Waals surface area contributed by atoms with E-state index in [2.05, 4.69) is 33.8 Å². The zero-order valence-corrected chi connectivity index (χ0v) is 12.7. The number of benzene rings is 1. The molecule has 1 aliphatic rings. The molecule has 0 radical (unpaired) electrons. The van der Waals surface area contributed by atoms with Gasteiger partial charge in [-0.3, -0.25) is 0 Å². The van der Waals surface area contributed by atoms with Crippen LogP contribution in [0.5, 0.6) is 5.75 Å². The quantitative estimate of drug-likeness (QED) is 0.799. The summed E-state index contributed by atoms with van der Waals surface area (Å²) in [5.41, 5.74) is 9.76. The zero-order chi connectivity index (χ0) is 14.3. The van der Waals surface area contributed by atoms with Crippen molar-refractivity contribution in [1.82, 2.24) is 0 Å². The summed E-state index contributed by atoms with van der Waals surface area (Å²) >= 11 is 0. The summed E-state index contributed by atoms with van der Waals surface area (Å²) in [5, 5.41) is 10.2. The molecular weight excluding hydrogens is 234 g/mol. The van der Waals surface area contributed by atoms with Gasteiger partial charge < -0.3 is 10.8 Å². The second-order valence-electron chi connectivity index (χ2n) is 7.15. The Balaban J connectivity index is 2.51. The summed E-state index contributed by atoms with van der Waals surface area (Å²) in [6, 6.07) is 4.04. The normalized spacial score (nSPS) is 19.4. The van der Waals surface area contributed by atoms with E-state index >= 15 is 0 Å². The second kappa shape index (κ2) is 4.82. The second-order valence-corrected chi connectivity index (χ2v) is 7.15. The lowest BCUT2D eigenvalue weighted by Crippen LogP contribution is -2.39. The molecule has 0 spiro atoms. The molecule has 2 heteroatoms. The molecule has 1 aliphatic carbocycles. The minimum atomic E-state index is -0.198. The maximum Gasteiger partial charge on any atom is 0.119 e. The van der Waals surface area contributed by atoms with E-state index in [0.717, 1.165) is 24.0 Å². The molecule has 0 heterocycles. The van der Waals surface area contributed by atoms with Gasteiger partial charge in [0.05, 0.1) is 0 Å². The van der Waals surface area contributed by atoms with Gasteiger partial charge >= 0.3 is 0 Å². The van der Waals surface area contributed by atoms with Crippen molar-refractivity contribution in [2.45, 2.75) is 70.8 Å². The van der Waals surface area contributed by atoms with E-state index in [-0.39, 0.29) is 11.0 Å². The van der Waals surface area contributed by atoms with Crippen LogP contribution in [0.15, 0.2) is 12.1 Å². The molecule has 1 aromatic rings. The molecule has 0 aliphatic heterocycles. The average molecular weight is 261 g/mol. The van der Waals surface area contributed by atoms with Crippen molar-refractivity contribution in [3.8, 4) is 5.75 Å². The van der Waals surface area contributed by atoms with Gasteiger partial charge in [0, 0.05) is 5.54 Å². The molecule has 19 heavy (non-hydrogen) atoms. The standard InChI is InChI=1S/C17H27NO/c1-12-10-15(19)14(16(2,3)4)11-13(12)17(18)8-6-5-7-9-17/h10-11,19H,5-9,18H2,1-4H3. The Morgan fingerprint density at radius 1 is 1.11 bits per heavy atom. The first-order chi connectivity index (χ1) is 8.74. The Morgan fingerprint density at radius 3 is 2.21 bits per heavy atom. The van der Waals surface area contributed by atoms with Crippen LogP contribution in [0.4, 0.5) is 0 Å². The van der Waals surface area contributed by atoms with Gasteiger partial charge in [0.2, 0.25) is 0 Å². The molecule has 1 aromatic carbocycles. The van der Waals surface area contributed by atoms with E-state index in [1.54, 1.807) is 0 Å². The van der Waals surface area contributed by atoms with Crippen molar-refractivity contribution in [2.75, 3.05) is 0 Å². The first-order valence-corrected chi connectivity index (χ1v) is 7.37. The van der Waals surface area contributed by atoms with Crippen LogP contribution in [0.25, 0.3) is 0 Å². The maximum atomic E-state index is 10.2. The van der Waals surface area contributed by atoms with Crippen molar-refractivity contribution in [3.05, 3.63) is 28.8 Å². The van der Waals surface area contributed by atoms with Crippen LogP contribution in [0.1, 0.15) is 69.6 Å². The van der Waals surface area contributed by atoms with Gasteiger partial charge in [0.1, 0.15) is 5.75 Å². The third-order valence-corrected chi connectivity index (χ3v) is 4.43. The number of nitrogens with two attached hydrogens (primary N) is 1. The zero-order valence-electron chi connectivity index (χ0n) is 12.7. The molecule has 106 valence electrons. The fraction of sp³-hybridized carbons (Fsp3) is 0.647. The molecule has 0 aromatic heterocycles. The number of phenolic OH excluding ortho intramolecular Hbond substituents is 1. The minimum Gasteiger partial charge on any atom is -0.508 e. The Bertz CT molecular complexity index is 465. The molecule has 1 saturated carbocycles. The molecule has 0 unspecified atom stereocenters. The van der Waals surface area contributed by atoms with Gasteiger partial charge in [0.15, 0.2) is 0 Å². The number of hydrogen-bond acceptors (Lipinski definition) is 2. The monoisotopic (exact) mass is 261 g/mol. The van der Waals surface area contributed by atoms with E-state index in [4.69, 9.17) is 5.73 Å². The summed E-state index contributed by atoms with van der Waals surface area (Å²) in [5.74, 6) is 0.396. The molecule has 3 N–H and O–H groups in total. The number of aryl methyl sites for hydroxylation is 1. The highest BCUT2D eigenvalue weighted by Crippen LogP contribution is 2.40. The number of phenols is 1. The van der Waals surface area contributed by atoms with Gasteiger partial charge in [-0.2, -0.15) is 0 Å². The minimum absolute atomic E-state index is 0.0580. The van der Waals surface area contributed by atoms with Crippen LogP contribution in [0.2, 0.25) is 0 Å². The Kier molecular flexibility index (Phi) is 3.65. The average Bonchev–Trinajstić information content (AvgIpc) is 2.27. The Hall–Kier alpha value is -1.02. The lowest BCUT2D eigenvalue weighted by Gasteiger charge is -2.36. The summed E-state index contributed by atoms with van der Waals surface area (Å²) in [7, 11) is 0. The molecule has 0 saturated heterocycles. The first-order valence-electron chi connectivity index (χ1n) is 7.37. The summed E-state index contributed by atoms with van der Waals surface area (Å²) in [4.78, 5) is 0. The molecule has 0 bridgehead atoms. The van der Waals surface area contributed by atoms with Crippen molar-refractivity contribution in [1.29, 1.82) is 0 Å². The largest absolute Gasteiger partial charge is 0.508 e. The molecular formula is C17H27NO. The van der Waals surface area contributed by atoms with E-state index in [9.17, 15) is 5.11 Å². The van der Waals surface area contributed by atoms with Crippen LogP contribution in [-0.4, -0.2) is 5.11 Å². The van der Waals surface area contributed by atoms with Gasteiger partial charge in [-0.25, -0.2) is 0 Å². The lowest BCUT2D eigenvalue weighted by molar-refractivity contribution is 0.300. The van der Waals surface area contributed by atoms with Crippen LogP contribution in [-0.2, 0) is 11.0 Å². The van der Waals surface area contributed by atoms with Gasteiger partial charge in [0.25, 0.3) is 0 Å². The van der Waals surface area contributed by atoms with Gasteiger partial charge in [-0.1, -0.05) is 40.0 Å². The van der Waals surface area contributed by atoms with Gasteiger partial charge in [-0.15, -0.1) is 0 Å². The maximum absolute atomic E-state index is 10.2. The molecule has 0 atom stereocenters. The summed E-state index contributed by atoms with van der Waals surface area (Å²) in [6.07, 6.45) is 5.83. The molecule has 2 rings (SSSR count). The van der Waals surface area contributed by atoms with Crippen LogP contribution in [0.3, 0.4) is 0 Å².